The standard InChI is InChI=1S/C22H29N5O2/c1-16(26-11-5-2-6-12-26)22(29)27-13-8-17(9-14-27)21-24-19(15-20(28)25-21)18-7-3-4-10-23-18/h3-4,7,10,15-17H,2,5-6,8-9,11-14H2,1H3,(H,24,25,28). The second-order valence-corrected chi connectivity index (χ2v) is 8.10. The Kier molecular flexibility index (Phi) is 6.04. The van der Waals surface area contributed by atoms with Crippen LogP contribution in [0, 0.1) is 0 Å². The van der Waals surface area contributed by atoms with Gasteiger partial charge in [0, 0.05) is 31.3 Å². The van der Waals surface area contributed by atoms with E-state index in [2.05, 4.69) is 19.9 Å². The number of pyridine rings is 1. The predicted octanol–water partition coefficient (Wildman–Crippen LogP) is 2.41. The zero-order valence-electron chi connectivity index (χ0n) is 17.0. The molecule has 2 aliphatic rings. The van der Waals surface area contributed by atoms with Crippen LogP contribution in [0.15, 0.2) is 35.3 Å². The molecule has 1 unspecified atom stereocenters. The van der Waals surface area contributed by atoms with Crippen molar-refractivity contribution in [3.63, 3.8) is 0 Å². The number of rotatable bonds is 4. The number of H-pyrrole nitrogens is 1. The molecule has 0 radical (unpaired) electrons. The van der Waals surface area contributed by atoms with Gasteiger partial charge in [-0.2, -0.15) is 0 Å². The molecule has 7 heteroatoms. The number of likely N-dealkylation sites (tertiary alicyclic amines) is 2. The van der Waals surface area contributed by atoms with E-state index in [1.807, 2.05) is 30.0 Å². The first kappa shape index (κ1) is 19.8. The normalized spacial score (nSPS) is 19.8. The Morgan fingerprint density at radius 3 is 2.55 bits per heavy atom. The minimum Gasteiger partial charge on any atom is -0.341 e. The summed E-state index contributed by atoms with van der Waals surface area (Å²) >= 11 is 0. The van der Waals surface area contributed by atoms with E-state index in [4.69, 9.17) is 0 Å². The Labute approximate surface area is 171 Å². The lowest BCUT2D eigenvalue weighted by Gasteiger charge is -2.37. The number of hydrogen-bond acceptors (Lipinski definition) is 5. The summed E-state index contributed by atoms with van der Waals surface area (Å²) in [5.74, 6) is 1.09. The van der Waals surface area contributed by atoms with Crippen molar-refractivity contribution in [2.24, 2.45) is 0 Å². The third-order valence-corrected chi connectivity index (χ3v) is 6.18. The minimum absolute atomic E-state index is 0.0442. The van der Waals surface area contributed by atoms with Crippen molar-refractivity contribution in [2.75, 3.05) is 26.2 Å². The molecule has 0 aliphatic carbocycles. The number of amides is 1. The Morgan fingerprint density at radius 2 is 1.86 bits per heavy atom. The molecular formula is C22H29N5O2. The molecule has 1 N–H and O–H groups in total. The second-order valence-electron chi connectivity index (χ2n) is 8.10. The Bertz CT molecular complexity index is 884. The van der Waals surface area contributed by atoms with Gasteiger partial charge >= 0.3 is 0 Å². The average Bonchev–Trinajstić information content (AvgIpc) is 2.79. The SMILES string of the molecule is CC(C(=O)N1CCC(c2nc(-c3ccccn3)cc(=O)[nH]2)CC1)N1CCCCC1. The summed E-state index contributed by atoms with van der Waals surface area (Å²) in [5.41, 5.74) is 1.14. The molecule has 0 saturated carbocycles. The molecule has 2 aromatic heterocycles. The first-order valence-electron chi connectivity index (χ1n) is 10.7. The molecule has 1 amide bonds. The Balaban J connectivity index is 1.41. The maximum atomic E-state index is 12.9. The van der Waals surface area contributed by atoms with Gasteiger partial charge in [0.15, 0.2) is 0 Å². The van der Waals surface area contributed by atoms with Crippen LogP contribution < -0.4 is 5.56 Å². The average molecular weight is 396 g/mol. The van der Waals surface area contributed by atoms with E-state index in [9.17, 15) is 9.59 Å². The summed E-state index contributed by atoms with van der Waals surface area (Å²) < 4.78 is 0. The van der Waals surface area contributed by atoms with Gasteiger partial charge in [0.05, 0.1) is 17.4 Å². The van der Waals surface area contributed by atoms with Crippen molar-refractivity contribution < 1.29 is 4.79 Å². The number of nitrogens with one attached hydrogen (secondary N) is 1. The van der Waals surface area contributed by atoms with E-state index in [1.165, 1.54) is 25.3 Å². The van der Waals surface area contributed by atoms with Crippen LogP contribution in [-0.2, 0) is 4.79 Å². The number of carbonyl (C=O) groups excluding carboxylic acids is 1. The summed E-state index contributed by atoms with van der Waals surface area (Å²) in [4.78, 5) is 41.3. The molecule has 29 heavy (non-hydrogen) atoms. The van der Waals surface area contributed by atoms with Gasteiger partial charge in [-0.05, 0) is 57.8 Å². The number of carbonyl (C=O) groups is 1. The minimum atomic E-state index is -0.159. The van der Waals surface area contributed by atoms with Gasteiger partial charge in [0.2, 0.25) is 5.91 Å². The topological polar surface area (TPSA) is 82.2 Å². The zero-order valence-corrected chi connectivity index (χ0v) is 17.0. The molecule has 4 heterocycles. The van der Waals surface area contributed by atoms with E-state index in [1.54, 1.807) is 6.20 Å². The largest absolute Gasteiger partial charge is 0.341 e. The van der Waals surface area contributed by atoms with Gasteiger partial charge in [-0.25, -0.2) is 4.98 Å². The summed E-state index contributed by atoms with van der Waals surface area (Å²) in [6.45, 7) is 5.50. The monoisotopic (exact) mass is 395 g/mol. The van der Waals surface area contributed by atoms with Crippen LogP contribution in [0.2, 0.25) is 0 Å². The molecule has 154 valence electrons. The molecule has 0 bridgehead atoms. The fourth-order valence-electron chi connectivity index (χ4n) is 4.41. The molecule has 7 nitrogen and oxygen atoms in total. The van der Waals surface area contributed by atoms with E-state index in [0.29, 0.717) is 30.3 Å². The zero-order chi connectivity index (χ0) is 20.2. The van der Waals surface area contributed by atoms with Crippen LogP contribution in [0.4, 0.5) is 0 Å². The lowest BCUT2D eigenvalue weighted by Crippen LogP contribution is -2.50. The lowest BCUT2D eigenvalue weighted by atomic mass is 9.95. The number of aromatic nitrogens is 3. The molecule has 1 atom stereocenters. The van der Waals surface area contributed by atoms with E-state index in [-0.39, 0.29) is 23.4 Å². The van der Waals surface area contributed by atoms with Crippen molar-refractivity contribution >= 4 is 5.91 Å². The smallest absolute Gasteiger partial charge is 0.251 e. The molecule has 2 aromatic rings. The fraction of sp³-hybridized carbons (Fsp3) is 0.545. The van der Waals surface area contributed by atoms with Gasteiger partial charge in [-0.3, -0.25) is 19.5 Å². The van der Waals surface area contributed by atoms with Gasteiger partial charge in [-0.1, -0.05) is 12.5 Å². The van der Waals surface area contributed by atoms with Crippen molar-refractivity contribution in [2.45, 2.75) is 51.0 Å². The number of aromatic amines is 1. The van der Waals surface area contributed by atoms with E-state index < -0.39 is 0 Å². The van der Waals surface area contributed by atoms with Crippen molar-refractivity contribution in [3.8, 4) is 11.4 Å². The van der Waals surface area contributed by atoms with E-state index >= 15 is 0 Å². The second kappa shape index (κ2) is 8.86. The maximum Gasteiger partial charge on any atom is 0.251 e. The molecular weight excluding hydrogens is 366 g/mol. The first-order valence-corrected chi connectivity index (χ1v) is 10.7. The van der Waals surface area contributed by atoms with Crippen LogP contribution in [0.3, 0.4) is 0 Å². The number of hydrogen-bond donors (Lipinski definition) is 1. The Morgan fingerprint density at radius 1 is 1.10 bits per heavy atom. The van der Waals surface area contributed by atoms with Crippen LogP contribution in [-0.4, -0.2) is 62.9 Å². The molecule has 2 fully saturated rings. The highest BCUT2D eigenvalue weighted by Gasteiger charge is 2.31. The number of nitrogens with zero attached hydrogens (tertiary/aromatic N) is 4. The number of piperidine rings is 2. The lowest BCUT2D eigenvalue weighted by molar-refractivity contribution is -0.137. The molecule has 0 spiro atoms. The van der Waals surface area contributed by atoms with Gasteiger partial charge in [0.25, 0.3) is 5.56 Å². The van der Waals surface area contributed by atoms with Crippen molar-refractivity contribution in [1.29, 1.82) is 0 Å². The quantitative estimate of drug-likeness (QED) is 0.860. The fourth-order valence-corrected chi connectivity index (χ4v) is 4.41. The van der Waals surface area contributed by atoms with Crippen LogP contribution in [0.1, 0.15) is 50.8 Å². The molecule has 2 saturated heterocycles. The first-order chi connectivity index (χ1) is 14.1. The van der Waals surface area contributed by atoms with Crippen molar-refractivity contribution in [3.05, 3.63) is 46.6 Å². The highest BCUT2D eigenvalue weighted by Crippen LogP contribution is 2.27. The summed E-state index contributed by atoms with van der Waals surface area (Å²) in [6, 6.07) is 7.03. The predicted molar refractivity (Wildman–Crippen MR) is 112 cm³/mol. The highest BCUT2D eigenvalue weighted by atomic mass is 16.2. The Hall–Kier alpha value is -2.54. The molecule has 2 aliphatic heterocycles. The van der Waals surface area contributed by atoms with Crippen LogP contribution in [0.25, 0.3) is 11.4 Å². The van der Waals surface area contributed by atoms with Crippen LogP contribution in [0.5, 0.6) is 0 Å². The maximum absolute atomic E-state index is 12.9. The third kappa shape index (κ3) is 4.56. The van der Waals surface area contributed by atoms with Gasteiger partial charge in [0.1, 0.15) is 5.82 Å². The van der Waals surface area contributed by atoms with Gasteiger partial charge < -0.3 is 9.88 Å². The summed E-state index contributed by atoms with van der Waals surface area (Å²) in [6.07, 6.45) is 6.97. The van der Waals surface area contributed by atoms with Gasteiger partial charge in [-0.15, -0.1) is 0 Å². The van der Waals surface area contributed by atoms with Crippen LogP contribution >= 0.6 is 0 Å². The molecule has 4 rings (SSSR count). The summed E-state index contributed by atoms with van der Waals surface area (Å²) in [7, 11) is 0. The summed E-state index contributed by atoms with van der Waals surface area (Å²) in [5, 5.41) is 0. The highest BCUT2D eigenvalue weighted by molar-refractivity contribution is 5.81. The van der Waals surface area contributed by atoms with Crippen molar-refractivity contribution in [1.82, 2.24) is 24.8 Å². The third-order valence-electron chi connectivity index (χ3n) is 6.18. The van der Waals surface area contributed by atoms with E-state index in [0.717, 1.165) is 25.9 Å². The molecule has 0 aromatic carbocycles.